The molecular formula is C16H17ClN2O. The van der Waals surface area contributed by atoms with Gasteiger partial charge in [-0.05, 0) is 42.3 Å². The molecule has 0 aromatic heterocycles. The maximum atomic E-state index is 12.0. The molecule has 1 unspecified atom stereocenters. The molecule has 2 rings (SSSR count). The van der Waals surface area contributed by atoms with Gasteiger partial charge in [-0.25, -0.2) is 0 Å². The average Bonchev–Trinajstić information content (AvgIpc) is 2.38. The number of nitrogens with one attached hydrogen (secondary N) is 1. The van der Waals surface area contributed by atoms with Crippen molar-refractivity contribution in [2.75, 3.05) is 5.73 Å². The molecule has 104 valence electrons. The van der Waals surface area contributed by atoms with Crippen molar-refractivity contribution >= 4 is 23.2 Å². The Bertz CT molecular complexity index is 613. The Labute approximate surface area is 123 Å². The first-order chi connectivity index (χ1) is 9.54. The monoisotopic (exact) mass is 288 g/mol. The Morgan fingerprint density at radius 3 is 2.70 bits per heavy atom. The van der Waals surface area contributed by atoms with Crippen molar-refractivity contribution in [3.63, 3.8) is 0 Å². The summed E-state index contributed by atoms with van der Waals surface area (Å²) >= 11 is 5.90. The molecule has 0 saturated carbocycles. The molecule has 0 radical (unpaired) electrons. The van der Waals surface area contributed by atoms with E-state index in [2.05, 4.69) is 5.32 Å². The summed E-state index contributed by atoms with van der Waals surface area (Å²) in [7, 11) is 0. The summed E-state index contributed by atoms with van der Waals surface area (Å²) in [4.78, 5) is 12.0. The molecule has 0 aliphatic heterocycles. The standard InChI is InChI=1S/C16H17ClN2O/c1-11(13-5-3-7-15(18)10-13)19-16(20)9-12-4-2-6-14(17)8-12/h2-8,10-11H,9,18H2,1H3,(H,19,20). The fraction of sp³-hybridized carbons (Fsp3) is 0.188. The topological polar surface area (TPSA) is 55.1 Å². The number of benzene rings is 2. The molecule has 0 aliphatic rings. The molecule has 20 heavy (non-hydrogen) atoms. The van der Waals surface area contributed by atoms with Gasteiger partial charge in [0.15, 0.2) is 0 Å². The van der Waals surface area contributed by atoms with Crippen molar-refractivity contribution in [2.45, 2.75) is 19.4 Å². The zero-order valence-corrected chi connectivity index (χ0v) is 12.0. The van der Waals surface area contributed by atoms with E-state index in [1.165, 1.54) is 0 Å². The molecule has 0 spiro atoms. The smallest absolute Gasteiger partial charge is 0.224 e. The lowest BCUT2D eigenvalue weighted by Gasteiger charge is -2.15. The van der Waals surface area contributed by atoms with Crippen LogP contribution < -0.4 is 11.1 Å². The van der Waals surface area contributed by atoms with E-state index in [0.717, 1.165) is 11.1 Å². The van der Waals surface area contributed by atoms with E-state index in [4.69, 9.17) is 17.3 Å². The number of carbonyl (C=O) groups excluding carboxylic acids is 1. The highest BCUT2D eigenvalue weighted by Crippen LogP contribution is 2.16. The van der Waals surface area contributed by atoms with Crippen LogP contribution in [0.15, 0.2) is 48.5 Å². The minimum absolute atomic E-state index is 0.0396. The van der Waals surface area contributed by atoms with Gasteiger partial charge in [-0.3, -0.25) is 4.79 Å². The van der Waals surface area contributed by atoms with Crippen molar-refractivity contribution < 1.29 is 4.79 Å². The molecule has 3 N–H and O–H groups in total. The number of hydrogen-bond donors (Lipinski definition) is 2. The Balaban J connectivity index is 1.97. The van der Waals surface area contributed by atoms with Crippen LogP contribution in [0, 0.1) is 0 Å². The first kappa shape index (κ1) is 14.4. The van der Waals surface area contributed by atoms with Crippen molar-refractivity contribution in [1.82, 2.24) is 5.32 Å². The number of amides is 1. The van der Waals surface area contributed by atoms with Crippen LogP contribution in [0.3, 0.4) is 0 Å². The predicted octanol–water partition coefficient (Wildman–Crippen LogP) is 3.34. The SMILES string of the molecule is CC(NC(=O)Cc1cccc(Cl)c1)c1cccc(N)c1. The van der Waals surface area contributed by atoms with Crippen molar-refractivity contribution in [2.24, 2.45) is 0 Å². The first-order valence-corrected chi connectivity index (χ1v) is 6.81. The maximum Gasteiger partial charge on any atom is 0.224 e. The lowest BCUT2D eigenvalue weighted by molar-refractivity contribution is -0.121. The molecule has 0 fully saturated rings. The Morgan fingerprint density at radius 1 is 1.25 bits per heavy atom. The lowest BCUT2D eigenvalue weighted by atomic mass is 10.1. The van der Waals surface area contributed by atoms with Crippen LogP contribution in [0.2, 0.25) is 5.02 Å². The average molecular weight is 289 g/mol. The molecule has 2 aromatic carbocycles. The minimum atomic E-state index is -0.0785. The number of nitrogen functional groups attached to an aromatic ring is 1. The molecule has 0 heterocycles. The van der Waals surface area contributed by atoms with Gasteiger partial charge in [-0.2, -0.15) is 0 Å². The normalized spacial score (nSPS) is 11.9. The minimum Gasteiger partial charge on any atom is -0.399 e. The molecule has 2 aromatic rings. The predicted molar refractivity (Wildman–Crippen MR) is 82.6 cm³/mol. The number of rotatable bonds is 4. The number of hydrogen-bond acceptors (Lipinski definition) is 2. The zero-order valence-electron chi connectivity index (χ0n) is 11.3. The fourth-order valence-corrected chi connectivity index (χ4v) is 2.25. The van der Waals surface area contributed by atoms with Gasteiger partial charge in [0.1, 0.15) is 0 Å². The van der Waals surface area contributed by atoms with E-state index in [9.17, 15) is 4.79 Å². The number of carbonyl (C=O) groups is 1. The van der Waals surface area contributed by atoms with Crippen LogP contribution in [0.25, 0.3) is 0 Å². The summed E-state index contributed by atoms with van der Waals surface area (Å²) < 4.78 is 0. The molecule has 1 amide bonds. The van der Waals surface area contributed by atoms with E-state index >= 15 is 0 Å². The summed E-state index contributed by atoms with van der Waals surface area (Å²) in [5.41, 5.74) is 8.32. The van der Waals surface area contributed by atoms with Crippen molar-refractivity contribution in [3.05, 3.63) is 64.7 Å². The summed E-state index contributed by atoms with van der Waals surface area (Å²) in [5.74, 6) is -0.0396. The molecule has 0 saturated heterocycles. The lowest BCUT2D eigenvalue weighted by Crippen LogP contribution is -2.28. The summed E-state index contributed by atoms with van der Waals surface area (Å²) in [6.07, 6.45) is 0.313. The molecule has 4 heteroatoms. The molecule has 0 aliphatic carbocycles. The Hall–Kier alpha value is -2.00. The van der Waals surface area contributed by atoms with Crippen molar-refractivity contribution in [1.29, 1.82) is 0 Å². The molecular weight excluding hydrogens is 272 g/mol. The second-order valence-electron chi connectivity index (χ2n) is 4.77. The van der Waals surface area contributed by atoms with Crippen LogP contribution in [-0.4, -0.2) is 5.91 Å². The number of halogens is 1. The van der Waals surface area contributed by atoms with Crippen LogP contribution in [0.4, 0.5) is 5.69 Å². The fourth-order valence-electron chi connectivity index (χ4n) is 2.04. The van der Waals surface area contributed by atoms with Gasteiger partial charge >= 0.3 is 0 Å². The van der Waals surface area contributed by atoms with Crippen molar-refractivity contribution in [3.8, 4) is 0 Å². The molecule has 1 atom stereocenters. The van der Waals surface area contributed by atoms with E-state index in [1.54, 1.807) is 12.1 Å². The highest BCUT2D eigenvalue weighted by Gasteiger charge is 2.10. The third kappa shape index (κ3) is 4.00. The largest absolute Gasteiger partial charge is 0.399 e. The van der Waals surface area contributed by atoms with Gasteiger partial charge in [0.25, 0.3) is 0 Å². The first-order valence-electron chi connectivity index (χ1n) is 6.44. The molecule has 3 nitrogen and oxygen atoms in total. The van der Waals surface area contributed by atoms with Gasteiger partial charge in [0.05, 0.1) is 12.5 Å². The van der Waals surface area contributed by atoms with Gasteiger partial charge in [0, 0.05) is 10.7 Å². The second-order valence-corrected chi connectivity index (χ2v) is 5.20. The maximum absolute atomic E-state index is 12.0. The highest BCUT2D eigenvalue weighted by atomic mass is 35.5. The van der Waals surface area contributed by atoms with E-state index < -0.39 is 0 Å². The number of anilines is 1. The quantitative estimate of drug-likeness (QED) is 0.848. The third-order valence-electron chi connectivity index (χ3n) is 3.04. The summed E-state index contributed by atoms with van der Waals surface area (Å²) in [6, 6.07) is 14.7. The van der Waals surface area contributed by atoms with E-state index in [1.807, 2.05) is 43.3 Å². The van der Waals surface area contributed by atoms with Crippen LogP contribution in [0.1, 0.15) is 24.1 Å². The van der Waals surface area contributed by atoms with E-state index in [0.29, 0.717) is 17.1 Å². The van der Waals surface area contributed by atoms with Crippen LogP contribution >= 0.6 is 11.6 Å². The van der Waals surface area contributed by atoms with Crippen LogP contribution in [0.5, 0.6) is 0 Å². The van der Waals surface area contributed by atoms with Gasteiger partial charge in [-0.15, -0.1) is 0 Å². The summed E-state index contributed by atoms with van der Waals surface area (Å²) in [6.45, 7) is 1.94. The van der Waals surface area contributed by atoms with Gasteiger partial charge in [0.2, 0.25) is 5.91 Å². The third-order valence-corrected chi connectivity index (χ3v) is 3.28. The Kier molecular flexibility index (Phi) is 4.64. The summed E-state index contributed by atoms with van der Waals surface area (Å²) in [5, 5.41) is 3.59. The zero-order chi connectivity index (χ0) is 14.5. The highest BCUT2D eigenvalue weighted by molar-refractivity contribution is 6.30. The second kappa shape index (κ2) is 6.44. The van der Waals surface area contributed by atoms with Gasteiger partial charge in [-0.1, -0.05) is 35.9 Å². The van der Waals surface area contributed by atoms with Crippen LogP contribution in [-0.2, 0) is 11.2 Å². The number of nitrogens with two attached hydrogens (primary N) is 1. The van der Waals surface area contributed by atoms with Gasteiger partial charge < -0.3 is 11.1 Å². The van der Waals surface area contributed by atoms with E-state index in [-0.39, 0.29) is 11.9 Å². The molecule has 0 bridgehead atoms. The Morgan fingerprint density at radius 2 is 2.00 bits per heavy atom.